The smallest absolute Gasteiger partial charge is 0.320 e. The lowest BCUT2D eigenvalue weighted by Crippen LogP contribution is -2.44. The summed E-state index contributed by atoms with van der Waals surface area (Å²) < 4.78 is 25.0. The Morgan fingerprint density at radius 3 is 2.64 bits per heavy atom. The maximum atomic E-state index is 12.1. The molecule has 53 heavy (non-hydrogen) atoms. The summed E-state index contributed by atoms with van der Waals surface area (Å²) in [6.45, 7) is 3.54. The molecular weight excluding hydrogens is 692 g/mol. The molecule has 3 fully saturated rings. The van der Waals surface area contributed by atoms with E-state index in [0.717, 1.165) is 88.9 Å². The number of oxazole rings is 1. The van der Waals surface area contributed by atoms with Crippen molar-refractivity contribution >= 4 is 28.7 Å². The maximum absolute atomic E-state index is 12.1. The Bertz CT molecular complexity index is 2180. The SMILES string of the molecule is Cc1c(COc2cc(OCc3cncc(C#N)c3)c(CN3CCCCC3C(=O)O)cc2Cl)cccc1-c1ccc2oc(C3CC4CCC(C3)O4)nc2c1. The number of halogens is 1. The first-order valence-electron chi connectivity index (χ1n) is 18.3. The Kier molecular flexibility index (Phi) is 10.1. The van der Waals surface area contributed by atoms with Gasteiger partial charge < -0.3 is 23.7 Å². The second kappa shape index (κ2) is 15.2. The van der Waals surface area contributed by atoms with E-state index in [1.807, 2.05) is 23.1 Å². The number of nitriles is 1. The van der Waals surface area contributed by atoms with Crippen LogP contribution in [0.5, 0.6) is 11.5 Å². The topological polar surface area (TPSA) is 131 Å². The van der Waals surface area contributed by atoms with Gasteiger partial charge >= 0.3 is 5.97 Å². The second-order valence-corrected chi connectivity index (χ2v) is 14.8. The molecule has 0 aliphatic carbocycles. The van der Waals surface area contributed by atoms with Gasteiger partial charge in [-0.15, -0.1) is 0 Å². The van der Waals surface area contributed by atoms with E-state index in [2.05, 4.69) is 36.2 Å². The molecule has 3 unspecified atom stereocenters. The number of rotatable bonds is 11. The summed E-state index contributed by atoms with van der Waals surface area (Å²) in [7, 11) is 0. The third kappa shape index (κ3) is 7.61. The van der Waals surface area contributed by atoms with E-state index in [4.69, 9.17) is 35.2 Å². The minimum atomic E-state index is -0.831. The van der Waals surface area contributed by atoms with Gasteiger partial charge in [-0.3, -0.25) is 14.7 Å². The van der Waals surface area contributed by atoms with Crippen molar-refractivity contribution in [3.63, 3.8) is 0 Å². The molecule has 0 amide bonds. The second-order valence-electron chi connectivity index (χ2n) is 14.4. The van der Waals surface area contributed by atoms with Crippen LogP contribution in [-0.4, -0.2) is 50.7 Å². The molecule has 10 nitrogen and oxygen atoms in total. The summed E-state index contributed by atoms with van der Waals surface area (Å²) in [5.41, 5.74) is 7.79. The predicted octanol–water partition coefficient (Wildman–Crippen LogP) is 8.75. The van der Waals surface area contributed by atoms with Crippen LogP contribution < -0.4 is 9.47 Å². The summed E-state index contributed by atoms with van der Waals surface area (Å²) in [5, 5.41) is 19.6. The van der Waals surface area contributed by atoms with Crippen molar-refractivity contribution in [2.45, 2.75) is 95.8 Å². The molecule has 2 aromatic heterocycles. The van der Waals surface area contributed by atoms with Crippen LogP contribution in [0.2, 0.25) is 5.02 Å². The summed E-state index contributed by atoms with van der Waals surface area (Å²) in [4.78, 5) is 23.1. The quantitative estimate of drug-likeness (QED) is 0.141. The zero-order chi connectivity index (χ0) is 36.5. The Morgan fingerprint density at radius 2 is 1.83 bits per heavy atom. The first-order chi connectivity index (χ1) is 25.8. The lowest BCUT2D eigenvalue weighted by Gasteiger charge is -2.33. The fraction of sp³-hybridized carbons (Fsp3) is 0.381. The van der Waals surface area contributed by atoms with Gasteiger partial charge in [0.2, 0.25) is 0 Å². The van der Waals surface area contributed by atoms with E-state index in [9.17, 15) is 15.2 Å². The van der Waals surface area contributed by atoms with E-state index in [0.29, 0.717) is 59.7 Å². The highest BCUT2D eigenvalue weighted by molar-refractivity contribution is 6.32. The number of aliphatic carboxylic acids is 1. The lowest BCUT2D eigenvalue weighted by atomic mass is 9.95. The number of ether oxygens (including phenoxy) is 3. The molecule has 272 valence electrons. The lowest BCUT2D eigenvalue weighted by molar-refractivity contribution is -0.144. The van der Waals surface area contributed by atoms with Crippen molar-refractivity contribution in [1.29, 1.82) is 5.26 Å². The number of carbonyl (C=O) groups is 1. The van der Waals surface area contributed by atoms with Gasteiger partial charge in [0.25, 0.3) is 0 Å². The van der Waals surface area contributed by atoms with Crippen LogP contribution >= 0.6 is 11.6 Å². The molecule has 3 aromatic carbocycles. The summed E-state index contributed by atoms with van der Waals surface area (Å²) in [5.74, 6) is 1.26. The minimum absolute atomic E-state index is 0.160. The molecular formula is C42H41ClN4O6. The van der Waals surface area contributed by atoms with Crippen LogP contribution in [-0.2, 0) is 29.3 Å². The van der Waals surface area contributed by atoms with E-state index in [1.54, 1.807) is 24.4 Å². The minimum Gasteiger partial charge on any atom is -0.488 e. The van der Waals surface area contributed by atoms with Gasteiger partial charge in [-0.25, -0.2) is 4.98 Å². The highest BCUT2D eigenvalue weighted by atomic mass is 35.5. The number of aromatic nitrogens is 2. The molecule has 5 heterocycles. The Balaban J connectivity index is 1.02. The van der Waals surface area contributed by atoms with Gasteiger partial charge in [0.05, 0.1) is 22.8 Å². The number of hydrogen-bond acceptors (Lipinski definition) is 9. The molecule has 3 aliphatic heterocycles. The van der Waals surface area contributed by atoms with Gasteiger partial charge in [-0.05, 0) is 98.5 Å². The van der Waals surface area contributed by atoms with Gasteiger partial charge in [0.1, 0.15) is 42.3 Å². The van der Waals surface area contributed by atoms with E-state index >= 15 is 0 Å². The first kappa shape index (κ1) is 35.1. The van der Waals surface area contributed by atoms with Gasteiger partial charge in [0, 0.05) is 42.0 Å². The van der Waals surface area contributed by atoms with Crippen LogP contribution in [0.15, 0.2) is 71.4 Å². The molecule has 1 N–H and O–H groups in total. The molecule has 5 aromatic rings. The number of hydrogen-bond donors (Lipinski definition) is 1. The van der Waals surface area contributed by atoms with Crippen LogP contribution in [0.3, 0.4) is 0 Å². The van der Waals surface area contributed by atoms with E-state index in [-0.39, 0.29) is 13.2 Å². The van der Waals surface area contributed by atoms with Gasteiger partial charge in [-0.2, -0.15) is 5.26 Å². The van der Waals surface area contributed by atoms with Crippen LogP contribution in [0, 0.1) is 18.3 Å². The molecule has 0 spiro atoms. The fourth-order valence-electron chi connectivity index (χ4n) is 8.07. The van der Waals surface area contributed by atoms with Crippen LogP contribution in [0.25, 0.3) is 22.2 Å². The molecule has 2 bridgehead atoms. The Morgan fingerprint density at radius 1 is 1.00 bits per heavy atom. The van der Waals surface area contributed by atoms with Gasteiger partial charge in [-0.1, -0.05) is 42.3 Å². The van der Waals surface area contributed by atoms with Crippen molar-refractivity contribution in [2.24, 2.45) is 0 Å². The number of pyridine rings is 1. The largest absolute Gasteiger partial charge is 0.488 e. The zero-order valence-corrected chi connectivity index (χ0v) is 30.3. The number of benzene rings is 3. The number of carboxylic acids is 1. The third-order valence-electron chi connectivity index (χ3n) is 10.9. The molecule has 8 rings (SSSR count). The Hall–Kier alpha value is -4.95. The molecule has 3 atom stereocenters. The molecule has 0 saturated carbocycles. The van der Waals surface area contributed by atoms with Crippen molar-refractivity contribution < 1.29 is 28.5 Å². The number of piperidine rings is 1. The zero-order valence-electron chi connectivity index (χ0n) is 29.6. The number of fused-ring (bicyclic) bond motifs is 3. The Labute approximate surface area is 313 Å². The maximum Gasteiger partial charge on any atom is 0.320 e. The third-order valence-corrected chi connectivity index (χ3v) is 11.2. The summed E-state index contributed by atoms with van der Waals surface area (Å²) in [6.07, 6.45) is 10.4. The molecule has 11 heteroatoms. The van der Waals surface area contributed by atoms with Crippen molar-refractivity contribution in [1.82, 2.24) is 14.9 Å². The summed E-state index contributed by atoms with van der Waals surface area (Å²) in [6, 6.07) is 19.2. The monoisotopic (exact) mass is 732 g/mol. The summed E-state index contributed by atoms with van der Waals surface area (Å²) >= 11 is 6.86. The molecule has 3 aliphatic rings. The number of carboxylic acid groups (broad SMARTS) is 1. The normalized spacial score (nSPS) is 21.4. The van der Waals surface area contributed by atoms with Crippen molar-refractivity contribution in [3.05, 3.63) is 106 Å². The highest BCUT2D eigenvalue weighted by Gasteiger charge is 2.37. The van der Waals surface area contributed by atoms with Gasteiger partial charge in [0.15, 0.2) is 11.5 Å². The van der Waals surface area contributed by atoms with Crippen molar-refractivity contribution in [3.8, 4) is 28.7 Å². The fourth-order valence-corrected chi connectivity index (χ4v) is 8.31. The van der Waals surface area contributed by atoms with Crippen LogP contribution in [0.1, 0.15) is 84.6 Å². The van der Waals surface area contributed by atoms with Crippen LogP contribution in [0.4, 0.5) is 0 Å². The van der Waals surface area contributed by atoms with E-state index < -0.39 is 12.0 Å². The van der Waals surface area contributed by atoms with E-state index in [1.165, 1.54) is 6.20 Å². The first-order valence-corrected chi connectivity index (χ1v) is 18.7. The average molecular weight is 733 g/mol. The predicted molar refractivity (Wildman–Crippen MR) is 199 cm³/mol. The molecule has 3 saturated heterocycles. The standard InChI is InChI=1S/C42H41ClN4O6/c1-25-29(5-4-6-34(25)28-8-11-38-36(17-28)46-41(53-38)30-14-32-9-10-33(15-30)52-32)24-51-40-18-39(50-23-27-13-26(19-44)20-45-21-27)31(16-35(40)43)22-47-12-3-2-7-37(47)42(48)49/h4-6,8,11,13,16-18,20-21,30,32-33,37H,2-3,7,9-10,12,14-15,22-24H2,1H3,(H,48,49). The highest BCUT2D eigenvalue weighted by Crippen LogP contribution is 2.42. The number of nitrogens with zero attached hydrogens (tertiary/aromatic N) is 4. The van der Waals surface area contributed by atoms with Crippen molar-refractivity contribution in [2.75, 3.05) is 6.54 Å². The molecule has 0 radical (unpaired) electrons. The number of likely N-dealkylation sites (tertiary alicyclic amines) is 1. The average Bonchev–Trinajstić information content (AvgIpc) is 3.76.